The highest BCUT2D eigenvalue weighted by Gasteiger charge is 2.36. The van der Waals surface area contributed by atoms with Gasteiger partial charge in [0.05, 0.1) is 18.2 Å². The number of carboxylic acids is 1. The van der Waals surface area contributed by atoms with Crippen LogP contribution in [0, 0.1) is 5.41 Å². The lowest BCUT2D eigenvalue weighted by Crippen LogP contribution is -2.35. The van der Waals surface area contributed by atoms with E-state index in [4.69, 9.17) is 0 Å². The molecule has 2 rings (SSSR count). The summed E-state index contributed by atoms with van der Waals surface area (Å²) in [7, 11) is 0. The van der Waals surface area contributed by atoms with Gasteiger partial charge in [0, 0.05) is 0 Å². The van der Waals surface area contributed by atoms with Crippen molar-refractivity contribution in [3.8, 4) is 11.5 Å². The smallest absolute Gasteiger partial charge is 0.311 e. The molecule has 0 amide bonds. The zero-order chi connectivity index (χ0) is 13.9. The molecule has 0 aliphatic rings. The van der Waals surface area contributed by atoms with Crippen molar-refractivity contribution in [1.82, 2.24) is 35.6 Å². The quantitative estimate of drug-likeness (QED) is 0.772. The van der Waals surface area contributed by atoms with E-state index in [-0.39, 0.29) is 6.54 Å². The molecule has 0 unspecified atom stereocenters. The molecular formula is C10H15N7O2. The zero-order valence-electron chi connectivity index (χ0n) is 10.7. The van der Waals surface area contributed by atoms with Gasteiger partial charge in [-0.2, -0.15) is 15.4 Å². The number of carbonyl (C=O) groups is 1. The summed E-state index contributed by atoms with van der Waals surface area (Å²) < 4.78 is 1.46. The van der Waals surface area contributed by atoms with Gasteiger partial charge in [0.15, 0.2) is 5.69 Å². The van der Waals surface area contributed by atoms with Crippen molar-refractivity contribution in [2.45, 2.75) is 33.2 Å². The Kier molecular flexibility index (Phi) is 3.54. The lowest BCUT2D eigenvalue weighted by atomic mass is 9.82. The van der Waals surface area contributed by atoms with E-state index in [0.717, 1.165) is 0 Å². The van der Waals surface area contributed by atoms with Crippen molar-refractivity contribution in [2.75, 3.05) is 0 Å². The van der Waals surface area contributed by atoms with E-state index >= 15 is 0 Å². The summed E-state index contributed by atoms with van der Waals surface area (Å²) in [6, 6.07) is 0. The van der Waals surface area contributed by atoms with Crippen LogP contribution in [0.1, 0.15) is 26.7 Å². The number of carboxylic acid groups (broad SMARTS) is 1. The summed E-state index contributed by atoms with van der Waals surface area (Å²) in [4.78, 5) is 11.5. The molecule has 0 spiro atoms. The van der Waals surface area contributed by atoms with E-state index in [1.165, 1.54) is 10.9 Å². The van der Waals surface area contributed by atoms with Crippen molar-refractivity contribution in [2.24, 2.45) is 5.41 Å². The van der Waals surface area contributed by atoms with Crippen LogP contribution in [0.3, 0.4) is 0 Å². The molecule has 9 nitrogen and oxygen atoms in total. The second-order valence-corrected chi connectivity index (χ2v) is 4.31. The largest absolute Gasteiger partial charge is 0.481 e. The van der Waals surface area contributed by atoms with Gasteiger partial charge in [-0.1, -0.05) is 13.8 Å². The van der Waals surface area contributed by atoms with Gasteiger partial charge in [0.2, 0.25) is 5.82 Å². The molecule has 2 N–H and O–H groups in total. The lowest BCUT2D eigenvalue weighted by molar-refractivity contribution is -0.150. The SMILES string of the molecule is CCC(CC)(Cn1nnnc1-c1cn[nH]n1)C(=O)O. The number of H-pyrrole nitrogens is 1. The van der Waals surface area contributed by atoms with E-state index < -0.39 is 11.4 Å². The highest BCUT2D eigenvalue weighted by atomic mass is 16.4. The van der Waals surface area contributed by atoms with E-state index in [0.29, 0.717) is 24.4 Å². The predicted octanol–water partition coefficient (Wildman–Crippen LogP) is 0.349. The van der Waals surface area contributed by atoms with Gasteiger partial charge >= 0.3 is 5.97 Å². The summed E-state index contributed by atoms with van der Waals surface area (Å²) in [6.07, 6.45) is 2.48. The molecule has 0 atom stereocenters. The van der Waals surface area contributed by atoms with Gasteiger partial charge in [-0.05, 0) is 23.3 Å². The van der Waals surface area contributed by atoms with Crippen LogP contribution in [-0.2, 0) is 11.3 Å². The van der Waals surface area contributed by atoms with E-state index in [2.05, 4.69) is 30.9 Å². The standard InChI is InChI=1S/C10H15N7O2/c1-3-10(4-2,9(18)19)6-17-8(13-15-16-17)7-5-11-14-12-7/h5H,3-4,6H2,1-2H3,(H,18,19)(H,11,12,14). The first-order valence-electron chi connectivity index (χ1n) is 5.98. The molecule has 19 heavy (non-hydrogen) atoms. The summed E-state index contributed by atoms with van der Waals surface area (Å²) >= 11 is 0. The number of nitrogens with zero attached hydrogens (tertiary/aromatic N) is 6. The molecule has 2 heterocycles. The van der Waals surface area contributed by atoms with Crippen LogP contribution in [0.25, 0.3) is 11.5 Å². The van der Waals surface area contributed by atoms with Crippen molar-refractivity contribution in [1.29, 1.82) is 0 Å². The van der Waals surface area contributed by atoms with Crippen LogP contribution in [-0.4, -0.2) is 46.7 Å². The lowest BCUT2D eigenvalue weighted by Gasteiger charge is -2.26. The first-order chi connectivity index (χ1) is 9.13. The first kappa shape index (κ1) is 13.1. The highest BCUT2D eigenvalue weighted by Crippen LogP contribution is 2.29. The number of tetrazole rings is 1. The normalized spacial score (nSPS) is 11.7. The highest BCUT2D eigenvalue weighted by molar-refractivity contribution is 5.74. The van der Waals surface area contributed by atoms with Crippen molar-refractivity contribution in [3.05, 3.63) is 6.20 Å². The Bertz CT molecular complexity index is 544. The summed E-state index contributed by atoms with van der Waals surface area (Å²) in [5.41, 5.74) is -0.398. The molecular weight excluding hydrogens is 250 g/mol. The van der Waals surface area contributed by atoms with Gasteiger partial charge < -0.3 is 5.11 Å². The third kappa shape index (κ3) is 2.30. The van der Waals surface area contributed by atoms with Gasteiger partial charge in [-0.15, -0.1) is 5.10 Å². The fraction of sp³-hybridized carbons (Fsp3) is 0.600. The summed E-state index contributed by atoms with van der Waals surface area (Å²) in [5, 5.41) is 30.8. The molecule has 0 saturated heterocycles. The first-order valence-corrected chi connectivity index (χ1v) is 5.98. The second-order valence-electron chi connectivity index (χ2n) is 4.31. The average Bonchev–Trinajstić information content (AvgIpc) is 3.06. The van der Waals surface area contributed by atoms with Gasteiger partial charge in [-0.25, -0.2) is 4.68 Å². The molecule has 0 aliphatic carbocycles. The molecule has 0 aromatic carbocycles. The Labute approximate surface area is 109 Å². The molecule has 0 aliphatic heterocycles. The van der Waals surface area contributed by atoms with Crippen molar-refractivity contribution >= 4 is 5.97 Å². The van der Waals surface area contributed by atoms with Gasteiger partial charge in [-0.3, -0.25) is 4.79 Å². The second kappa shape index (κ2) is 5.12. The number of hydrogen-bond acceptors (Lipinski definition) is 6. The monoisotopic (exact) mass is 265 g/mol. The van der Waals surface area contributed by atoms with Crippen LogP contribution in [0.4, 0.5) is 0 Å². The van der Waals surface area contributed by atoms with Crippen LogP contribution >= 0.6 is 0 Å². The van der Waals surface area contributed by atoms with Crippen LogP contribution in [0.5, 0.6) is 0 Å². The minimum absolute atomic E-state index is 0.199. The Morgan fingerprint density at radius 1 is 1.47 bits per heavy atom. The van der Waals surface area contributed by atoms with Gasteiger partial charge in [0.25, 0.3) is 0 Å². The van der Waals surface area contributed by atoms with E-state index in [9.17, 15) is 9.90 Å². The third-order valence-electron chi connectivity index (χ3n) is 3.44. The fourth-order valence-corrected chi connectivity index (χ4v) is 1.93. The zero-order valence-corrected chi connectivity index (χ0v) is 10.7. The maximum Gasteiger partial charge on any atom is 0.311 e. The molecule has 0 saturated carbocycles. The van der Waals surface area contributed by atoms with E-state index in [1.54, 1.807) is 0 Å². The molecule has 2 aromatic heterocycles. The predicted molar refractivity (Wildman–Crippen MR) is 63.8 cm³/mol. The Morgan fingerprint density at radius 2 is 2.21 bits per heavy atom. The third-order valence-corrected chi connectivity index (χ3v) is 3.44. The van der Waals surface area contributed by atoms with Gasteiger partial charge in [0.1, 0.15) is 0 Å². The topological polar surface area (TPSA) is 122 Å². The number of nitrogens with one attached hydrogen (secondary N) is 1. The molecule has 9 heteroatoms. The minimum atomic E-state index is -0.881. The van der Waals surface area contributed by atoms with Crippen LogP contribution in [0.2, 0.25) is 0 Å². The number of rotatable bonds is 6. The summed E-state index contributed by atoms with van der Waals surface area (Å²) in [5.74, 6) is -0.444. The Morgan fingerprint density at radius 3 is 2.74 bits per heavy atom. The number of aromatic amines is 1. The Hall–Kier alpha value is -2.32. The molecule has 2 aromatic rings. The Balaban J connectivity index is 2.34. The van der Waals surface area contributed by atoms with Crippen molar-refractivity contribution < 1.29 is 9.90 Å². The average molecular weight is 265 g/mol. The number of aliphatic carboxylic acids is 1. The van der Waals surface area contributed by atoms with Crippen LogP contribution in [0.15, 0.2) is 6.20 Å². The molecule has 0 fully saturated rings. The maximum atomic E-state index is 11.5. The number of hydrogen-bond donors (Lipinski definition) is 2. The maximum absolute atomic E-state index is 11.5. The van der Waals surface area contributed by atoms with Crippen molar-refractivity contribution in [3.63, 3.8) is 0 Å². The fourth-order valence-electron chi connectivity index (χ4n) is 1.93. The molecule has 0 radical (unpaired) electrons. The minimum Gasteiger partial charge on any atom is -0.481 e. The molecule has 0 bridgehead atoms. The van der Waals surface area contributed by atoms with Crippen LogP contribution < -0.4 is 0 Å². The van der Waals surface area contributed by atoms with E-state index in [1.807, 2.05) is 13.8 Å². The molecule has 102 valence electrons. The number of aromatic nitrogens is 7. The summed E-state index contributed by atoms with van der Waals surface area (Å²) in [6.45, 7) is 3.89.